The first-order chi connectivity index (χ1) is 31.5. The zero-order valence-corrected chi connectivity index (χ0v) is 43.1. The van der Waals surface area contributed by atoms with Crippen molar-refractivity contribution < 1.29 is 28.6 Å². The third kappa shape index (κ3) is 50.9. The lowest BCUT2D eigenvalue weighted by Crippen LogP contribution is -2.30. The van der Waals surface area contributed by atoms with Crippen molar-refractivity contribution in [2.45, 2.75) is 316 Å². The van der Waals surface area contributed by atoms with Crippen LogP contribution in [0.1, 0.15) is 310 Å². The molecule has 0 saturated heterocycles. The molecule has 0 bridgehead atoms. The molecule has 0 aromatic carbocycles. The average Bonchev–Trinajstić information content (AvgIpc) is 3.29. The number of hydrogen-bond donors (Lipinski definition) is 0. The molecule has 376 valence electrons. The van der Waals surface area contributed by atoms with Crippen molar-refractivity contribution in [3.8, 4) is 0 Å². The van der Waals surface area contributed by atoms with E-state index in [2.05, 4.69) is 45.1 Å². The van der Waals surface area contributed by atoms with Crippen molar-refractivity contribution in [1.29, 1.82) is 0 Å². The van der Waals surface area contributed by atoms with Crippen molar-refractivity contribution in [3.05, 3.63) is 24.3 Å². The SMILES string of the molecule is CCCCC/C=C\C=C/CCCCCCCCCCCCC(=O)OCC(COC(=O)CCCCCCCCCCCCCCC)OC(=O)CCCCCCCCCCCCCCCC. The second kappa shape index (κ2) is 53.5. The molecule has 0 fully saturated rings. The normalized spacial score (nSPS) is 12.1. The zero-order valence-electron chi connectivity index (χ0n) is 43.1. The van der Waals surface area contributed by atoms with Crippen molar-refractivity contribution >= 4 is 17.9 Å². The average molecular weight is 901 g/mol. The van der Waals surface area contributed by atoms with Crippen LogP contribution in [0.4, 0.5) is 0 Å². The number of unbranched alkanes of at least 4 members (excludes halogenated alkanes) is 38. The van der Waals surface area contributed by atoms with E-state index in [0.29, 0.717) is 19.3 Å². The summed E-state index contributed by atoms with van der Waals surface area (Å²) in [4.78, 5) is 38.1. The Kier molecular flexibility index (Phi) is 51.7. The van der Waals surface area contributed by atoms with Gasteiger partial charge in [-0.1, -0.05) is 270 Å². The monoisotopic (exact) mass is 901 g/mol. The molecule has 6 heteroatoms. The standard InChI is InChI=1S/C58H108O6/c1-4-7-10-13-16-19-22-25-27-28-29-30-31-34-36-39-42-45-48-51-57(60)63-54-55(53-62-56(59)50-47-44-41-38-35-32-24-21-18-15-12-9-6-3)64-58(61)52-49-46-43-40-37-33-26-23-20-17-14-11-8-5-2/h16,19,22,25,55H,4-15,17-18,20-21,23-24,26-54H2,1-3H3/b19-16-,25-22-. The number of allylic oxidation sites excluding steroid dienone is 4. The minimum Gasteiger partial charge on any atom is -0.462 e. The van der Waals surface area contributed by atoms with E-state index in [0.717, 1.165) is 57.8 Å². The molecule has 6 nitrogen and oxygen atoms in total. The van der Waals surface area contributed by atoms with Crippen LogP contribution in [-0.4, -0.2) is 37.2 Å². The van der Waals surface area contributed by atoms with Crippen molar-refractivity contribution in [3.63, 3.8) is 0 Å². The van der Waals surface area contributed by atoms with E-state index < -0.39 is 6.10 Å². The highest BCUT2D eigenvalue weighted by Crippen LogP contribution is 2.17. The molecule has 0 saturated carbocycles. The lowest BCUT2D eigenvalue weighted by molar-refractivity contribution is -0.167. The van der Waals surface area contributed by atoms with Gasteiger partial charge in [-0.3, -0.25) is 14.4 Å². The first-order valence-corrected chi connectivity index (χ1v) is 28.4. The Bertz CT molecular complexity index is 1040. The summed E-state index contributed by atoms with van der Waals surface area (Å²) >= 11 is 0. The third-order valence-electron chi connectivity index (χ3n) is 12.7. The van der Waals surface area contributed by atoms with Crippen LogP contribution in [0.15, 0.2) is 24.3 Å². The fourth-order valence-electron chi connectivity index (χ4n) is 8.44. The van der Waals surface area contributed by atoms with Crippen molar-refractivity contribution in [2.24, 2.45) is 0 Å². The molecular formula is C58H108O6. The molecule has 0 aromatic heterocycles. The van der Waals surface area contributed by atoms with E-state index in [-0.39, 0.29) is 31.1 Å². The van der Waals surface area contributed by atoms with E-state index >= 15 is 0 Å². The molecule has 0 aliphatic carbocycles. The lowest BCUT2D eigenvalue weighted by Gasteiger charge is -2.18. The number of carbonyl (C=O) groups is 3. The van der Waals surface area contributed by atoms with Gasteiger partial charge in [0.1, 0.15) is 13.2 Å². The van der Waals surface area contributed by atoms with Gasteiger partial charge >= 0.3 is 17.9 Å². The zero-order chi connectivity index (χ0) is 46.5. The van der Waals surface area contributed by atoms with Crippen LogP contribution in [0, 0.1) is 0 Å². The summed E-state index contributed by atoms with van der Waals surface area (Å²) in [7, 11) is 0. The number of esters is 3. The molecule has 0 aliphatic heterocycles. The molecule has 0 amide bonds. The summed E-state index contributed by atoms with van der Waals surface area (Å²) < 4.78 is 16.9. The highest BCUT2D eigenvalue weighted by atomic mass is 16.6. The minimum absolute atomic E-state index is 0.0665. The highest BCUT2D eigenvalue weighted by Gasteiger charge is 2.19. The van der Waals surface area contributed by atoms with Gasteiger partial charge in [-0.15, -0.1) is 0 Å². The number of rotatable bonds is 52. The Morgan fingerprint density at radius 1 is 0.312 bits per heavy atom. The molecule has 0 aliphatic rings. The maximum absolute atomic E-state index is 12.8. The lowest BCUT2D eigenvalue weighted by atomic mass is 10.0. The summed E-state index contributed by atoms with van der Waals surface area (Å²) in [5.74, 6) is -0.850. The first-order valence-electron chi connectivity index (χ1n) is 28.4. The fourth-order valence-corrected chi connectivity index (χ4v) is 8.44. The maximum Gasteiger partial charge on any atom is 0.306 e. The van der Waals surface area contributed by atoms with Gasteiger partial charge in [0.25, 0.3) is 0 Å². The van der Waals surface area contributed by atoms with Gasteiger partial charge in [0, 0.05) is 19.3 Å². The molecule has 0 N–H and O–H groups in total. The van der Waals surface area contributed by atoms with Crippen LogP contribution >= 0.6 is 0 Å². The Morgan fingerprint density at radius 2 is 0.547 bits per heavy atom. The second-order valence-electron chi connectivity index (χ2n) is 19.2. The van der Waals surface area contributed by atoms with Crippen LogP contribution < -0.4 is 0 Å². The summed E-state index contributed by atoms with van der Waals surface area (Å²) in [5.41, 5.74) is 0. The fraction of sp³-hybridized carbons (Fsp3) is 0.879. The van der Waals surface area contributed by atoms with E-state index in [1.54, 1.807) is 0 Å². The van der Waals surface area contributed by atoms with E-state index in [4.69, 9.17) is 14.2 Å². The van der Waals surface area contributed by atoms with Crippen LogP contribution in [-0.2, 0) is 28.6 Å². The highest BCUT2D eigenvalue weighted by molar-refractivity contribution is 5.71. The molecule has 0 heterocycles. The molecule has 0 rings (SSSR count). The van der Waals surface area contributed by atoms with Gasteiger partial charge in [0.15, 0.2) is 6.10 Å². The summed E-state index contributed by atoms with van der Waals surface area (Å²) in [6.07, 6.45) is 61.6. The number of ether oxygens (including phenoxy) is 3. The van der Waals surface area contributed by atoms with E-state index in [1.165, 1.54) is 212 Å². The summed E-state index contributed by atoms with van der Waals surface area (Å²) in [6.45, 7) is 6.65. The van der Waals surface area contributed by atoms with Crippen LogP contribution in [0.2, 0.25) is 0 Å². The van der Waals surface area contributed by atoms with Gasteiger partial charge < -0.3 is 14.2 Å². The Morgan fingerprint density at radius 3 is 0.859 bits per heavy atom. The van der Waals surface area contributed by atoms with Crippen molar-refractivity contribution in [2.75, 3.05) is 13.2 Å². The molecule has 1 atom stereocenters. The van der Waals surface area contributed by atoms with Crippen LogP contribution in [0.5, 0.6) is 0 Å². The number of hydrogen-bond acceptors (Lipinski definition) is 6. The Labute approximate surface area is 398 Å². The van der Waals surface area contributed by atoms with E-state index in [9.17, 15) is 14.4 Å². The van der Waals surface area contributed by atoms with Gasteiger partial charge in [0.05, 0.1) is 0 Å². The van der Waals surface area contributed by atoms with Gasteiger partial charge in [0.2, 0.25) is 0 Å². The molecule has 0 radical (unpaired) electrons. The predicted octanol–water partition coefficient (Wildman–Crippen LogP) is 18.7. The van der Waals surface area contributed by atoms with Crippen LogP contribution in [0.25, 0.3) is 0 Å². The van der Waals surface area contributed by atoms with Crippen LogP contribution in [0.3, 0.4) is 0 Å². The topological polar surface area (TPSA) is 78.9 Å². The largest absolute Gasteiger partial charge is 0.462 e. The molecule has 0 spiro atoms. The smallest absolute Gasteiger partial charge is 0.306 e. The molecular weight excluding hydrogens is 793 g/mol. The molecule has 64 heavy (non-hydrogen) atoms. The van der Waals surface area contributed by atoms with Gasteiger partial charge in [-0.2, -0.15) is 0 Å². The Balaban J connectivity index is 4.30. The molecule has 1 unspecified atom stereocenters. The summed E-state index contributed by atoms with van der Waals surface area (Å²) in [5, 5.41) is 0. The third-order valence-corrected chi connectivity index (χ3v) is 12.7. The van der Waals surface area contributed by atoms with Gasteiger partial charge in [-0.25, -0.2) is 0 Å². The first kappa shape index (κ1) is 61.9. The molecule has 0 aromatic rings. The minimum atomic E-state index is -0.766. The second-order valence-corrected chi connectivity index (χ2v) is 19.2. The predicted molar refractivity (Wildman–Crippen MR) is 275 cm³/mol. The summed E-state index contributed by atoms with van der Waals surface area (Å²) in [6, 6.07) is 0. The maximum atomic E-state index is 12.8. The number of carbonyl (C=O) groups excluding carboxylic acids is 3. The van der Waals surface area contributed by atoms with Crippen molar-refractivity contribution in [1.82, 2.24) is 0 Å². The Hall–Kier alpha value is -2.11. The van der Waals surface area contributed by atoms with E-state index in [1.807, 2.05) is 0 Å². The van der Waals surface area contributed by atoms with Gasteiger partial charge in [-0.05, 0) is 44.9 Å². The quantitative estimate of drug-likeness (QED) is 0.0262.